The maximum atomic E-state index is 12.3. The van der Waals surface area contributed by atoms with Crippen LogP contribution in [0.3, 0.4) is 0 Å². The van der Waals surface area contributed by atoms with Gasteiger partial charge in [-0.15, -0.1) is 10.2 Å². The summed E-state index contributed by atoms with van der Waals surface area (Å²) in [5, 5.41) is 11.5. The minimum atomic E-state index is 0.0186. The molecule has 0 radical (unpaired) electrons. The van der Waals surface area contributed by atoms with Gasteiger partial charge in [-0.2, -0.15) is 0 Å². The molecule has 2 heterocycles. The van der Waals surface area contributed by atoms with Crippen molar-refractivity contribution in [3.63, 3.8) is 0 Å². The van der Waals surface area contributed by atoms with Crippen molar-refractivity contribution < 1.29 is 9.59 Å². The summed E-state index contributed by atoms with van der Waals surface area (Å²) in [6.07, 6.45) is 2.11. The number of thioether (sulfide) groups is 1. The zero-order valence-electron chi connectivity index (χ0n) is 12.2. The van der Waals surface area contributed by atoms with E-state index in [0.29, 0.717) is 22.2 Å². The fourth-order valence-corrected chi connectivity index (χ4v) is 3.16. The molecule has 5 nitrogen and oxygen atoms in total. The molecule has 2 aromatic rings. The first-order chi connectivity index (χ1) is 11.1. The second kappa shape index (κ2) is 7.10. The van der Waals surface area contributed by atoms with Gasteiger partial charge in [0.05, 0.1) is 5.75 Å². The Morgan fingerprint density at radius 3 is 2.87 bits per heavy atom. The number of hydrogen-bond donors (Lipinski definition) is 1. The molecule has 0 atom stereocenters. The summed E-state index contributed by atoms with van der Waals surface area (Å²) >= 11 is 7.00. The number of hydrogen-bond acceptors (Lipinski definition) is 5. The van der Waals surface area contributed by atoms with E-state index in [1.54, 1.807) is 24.3 Å². The molecule has 1 aliphatic rings. The zero-order valence-corrected chi connectivity index (χ0v) is 13.8. The van der Waals surface area contributed by atoms with Crippen LogP contribution in [0.1, 0.15) is 28.8 Å². The lowest BCUT2D eigenvalue weighted by Crippen LogP contribution is -2.10. The minimum absolute atomic E-state index is 0.0186. The van der Waals surface area contributed by atoms with E-state index in [4.69, 9.17) is 11.6 Å². The highest BCUT2D eigenvalue weighted by atomic mass is 35.5. The molecule has 0 saturated carbocycles. The molecule has 7 heteroatoms. The third-order valence-electron chi connectivity index (χ3n) is 3.51. The predicted octanol–water partition coefficient (Wildman–Crippen LogP) is 3.38. The van der Waals surface area contributed by atoms with E-state index in [1.165, 1.54) is 11.8 Å². The number of aromatic nitrogens is 2. The Morgan fingerprint density at radius 2 is 2.09 bits per heavy atom. The molecule has 1 aromatic heterocycles. The lowest BCUT2D eigenvalue weighted by molar-refractivity contribution is -0.116. The summed E-state index contributed by atoms with van der Waals surface area (Å²) < 4.78 is 0. The third kappa shape index (κ3) is 4.09. The Bertz CT molecular complexity index is 749. The summed E-state index contributed by atoms with van der Waals surface area (Å²) in [7, 11) is 0. The van der Waals surface area contributed by atoms with Crippen molar-refractivity contribution in [3.8, 4) is 0 Å². The van der Waals surface area contributed by atoms with Crippen molar-refractivity contribution in [2.24, 2.45) is 0 Å². The molecule has 0 unspecified atom stereocenters. The summed E-state index contributed by atoms with van der Waals surface area (Å²) in [6, 6.07) is 8.81. The Labute approximate surface area is 142 Å². The normalized spacial score (nSPS) is 13.9. The standard InChI is InChI=1S/C16H14ClN3O2S/c17-14-6-7-16(20-19-14)23-9-13(21)11-4-5-12-10(8-11)2-1-3-15(22)18-12/h4-8H,1-3,9H2,(H,18,22). The smallest absolute Gasteiger partial charge is 0.224 e. The molecular formula is C16H14ClN3O2S. The number of aryl methyl sites for hydroxylation is 1. The van der Waals surface area contributed by atoms with Crippen molar-refractivity contribution in [3.05, 3.63) is 46.6 Å². The number of fused-ring (bicyclic) bond motifs is 1. The number of Topliss-reactive ketones (excluding diaryl/α,β-unsaturated/α-hetero) is 1. The van der Waals surface area contributed by atoms with Crippen LogP contribution in [0.4, 0.5) is 5.69 Å². The Balaban J connectivity index is 1.69. The fraction of sp³-hybridized carbons (Fsp3) is 0.250. The van der Waals surface area contributed by atoms with Gasteiger partial charge in [0.25, 0.3) is 0 Å². The van der Waals surface area contributed by atoms with Crippen molar-refractivity contribution in [1.82, 2.24) is 10.2 Å². The number of anilines is 1. The zero-order chi connectivity index (χ0) is 16.2. The Hall–Kier alpha value is -1.92. The molecule has 0 fully saturated rings. The van der Waals surface area contributed by atoms with Crippen LogP contribution in [0, 0.1) is 0 Å². The highest BCUT2D eigenvalue weighted by Gasteiger charge is 2.15. The van der Waals surface area contributed by atoms with Crippen LogP contribution in [0.2, 0.25) is 5.15 Å². The van der Waals surface area contributed by atoms with Gasteiger partial charge in [-0.1, -0.05) is 23.4 Å². The van der Waals surface area contributed by atoms with Gasteiger partial charge in [-0.3, -0.25) is 9.59 Å². The lowest BCUT2D eigenvalue weighted by atomic mass is 10.0. The summed E-state index contributed by atoms with van der Waals surface area (Å²) in [6.45, 7) is 0. The number of nitrogens with zero attached hydrogens (tertiary/aromatic N) is 2. The van der Waals surface area contributed by atoms with Gasteiger partial charge in [0.1, 0.15) is 5.03 Å². The van der Waals surface area contributed by atoms with Crippen LogP contribution in [-0.4, -0.2) is 27.6 Å². The van der Waals surface area contributed by atoms with E-state index in [9.17, 15) is 9.59 Å². The molecule has 0 saturated heterocycles. The Morgan fingerprint density at radius 1 is 1.22 bits per heavy atom. The number of nitrogens with one attached hydrogen (secondary N) is 1. The van der Waals surface area contributed by atoms with Crippen LogP contribution >= 0.6 is 23.4 Å². The highest BCUT2D eigenvalue weighted by molar-refractivity contribution is 7.99. The molecule has 0 bridgehead atoms. The Kier molecular flexibility index (Phi) is 4.93. The SMILES string of the molecule is O=C1CCCc2cc(C(=O)CSc3ccc(Cl)nn3)ccc2N1. The highest BCUT2D eigenvalue weighted by Crippen LogP contribution is 2.24. The van der Waals surface area contributed by atoms with E-state index in [-0.39, 0.29) is 17.4 Å². The maximum absolute atomic E-state index is 12.3. The lowest BCUT2D eigenvalue weighted by Gasteiger charge is -2.08. The van der Waals surface area contributed by atoms with Crippen LogP contribution in [0.15, 0.2) is 35.4 Å². The summed E-state index contributed by atoms with van der Waals surface area (Å²) in [5.41, 5.74) is 2.47. The van der Waals surface area contributed by atoms with E-state index in [1.807, 2.05) is 6.07 Å². The molecule has 0 aliphatic carbocycles. The van der Waals surface area contributed by atoms with Gasteiger partial charge in [-0.25, -0.2) is 0 Å². The summed E-state index contributed by atoms with van der Waals surface area (Å²) in [5.74, 6) is 0.325. The van der Waals surface area contributed by atoms with Crippen molar-refractivity contribution in [1.29, 1.82) is 0 Å². The average Bonchev–Trinajstić information content (AvgIpc) is 2.74. The third-order valence-corrected chi connectivity index (χ3v) is 4.63. The molecule has 1 N–H and O–H groups in total. The quantitative estimate of drug-likeness (QED) is 0.678. The molecule has 118 valence electrons. The number of ketones is 1. The van der Waals surface area contributed by atoms with E-state index >= 15 is 0 Å². The van der Waals surface area contributed by atoms with Crippen molar-refractivity contribution >= 4 is 40.7 Å². The predicted molar refractivity (Wildman–Crippen MR) is 90.1 cm³/mol. The van der Waals surface area contributed by atoms with Crippen LogP contribution in [0.25, 0.3) is 0 Å². The van der Waals surface area contributed by atoms with Gasteiger partial charge < -0.3 is 5.32 Å². The second-order valence-electron chi connectivity index (χ2n) is 5.18. The molecule has 1 amide bonds. The topological polar surface area (TPSA) is 72.0 Å². The molecule has 3 rings (SSSR count). The van der Waals surface area contributed by atoms with Crippen LogP contribution in [0.5, 0.6) is 0 Å². The van der Waals surface area contributed by atoms with E-state index < -0.39 is 0 Å². The van der Waals surface area contributed by atoms with Gasteiger partial charge in [0, 0.05) is 17.7 Å². The molecular weight excluding hydrogens is 334 g/mol. The van der Waals surface area contributed by atoms with Crippen molar-refractivity contribution in [2.75, 3.05) is 11.1 Å². The number of carbonyl (C=O) groups excluding carboxylic acids is 2. The largest absolute Gasteiger partial charge is 0.326 e. The number of halogens is 1. The average molecular weight is 348 g/mol. The van der Waals surface area contributed by atoms with Crippen LogP contribution < -0.4 is 5.32 Å². The molecule has 0 spiro atoms. The number of rotatable bonds is 4. The van der Waals surface area contributed by atoms with Gasteiger partial charge >= 0.3 is 0 Å². The molecule has 23 heavy (non-hydrogen) atoms. The molecule has 1 aromatic carbocycles. The maximum Gasteiger partial charge on any atom is 0.224 e. The van der Waals surface area contributed by atoms with E-state index in [0.717, 1.165) is 24.1 Å². The first-order valence-electron chi connectivity index (χ1n) is 7.20. The van der Waals surface area contributed by atoms with E-state index in [2.05, 4.69) is 15.5 Å². The monoisotopic (exact) mass is 347 g/mol. The van der Waals surface area contributed by atoms with Gasteiger partial charge in [0.2, 0.25) is 5.91 Å². The second-order valence-corrected chi connectivity index (χ2v) is 6.56. The molecule has 1 aliphatic heterocycles. The fourth-order valence-electron chi connectivity index (χ4n) is 2.35. The number of amides is 1. The first kappa shape index (κ1) is 16.0. The minimum Gasteiger partial charge on any atom is -0.326 e. The van der Waals surface area contributed by atoms with Gasteiger partial charge in [-0.05, 0) is 48.7 Å². The first-order valence-corrected chi connectivity index (χ1v) is 8.56. The summed E-state index contributed by atoms with van der Waals surface area (Å²) in [4.78, 5) is 23.9. The van der Waals surface area contributed by atoms with Crippen LogP contribution in [-0.2, 0) is 11.2 Å². The van der Waals surface area contributed by atoms with Crippen molar-refractivity contribution in [2.45, 2.75) is 24.3 Å². The number of carbonyl (C=O) groups is 2. The number of benzene rings is 1. The van der Waals surface area contributed by atoms with Gasteiger partial charge in [0.15, 0.2) is 10.9 Å².